The van der Waals surface area contributed by atoms with Crippen molar-refractivity contribution in [1.29, 1.82) is 0 Å². The summed E-state index contributed by atoms with van der Waals surface area (Å²) in [6.07, 6.45) is -5.25. The van der Waals surface area contributed by atoms with Crippen LogP contribution >= 0.6 is 0 Å². The molecule has 2 aliphatic rings. The van der Waals surface area contributed by atoms with Gasteiger partial charge in [0.05, 0.1) is 26.2 Å². The molecule has 14 nitrogen and oxygen atoms in total. The summed E-state index contributed by atoms with van der Waals surface area (Å²) in [5.41, 5.74) is 0. The van der Waals surface area contributed by atoms with Crippen LogP contribution in [0.4, 0.5) is 13.2 Å². The molecule has 42 heavy (non-hydrogen) atoms. The van der Waals surface area contributed by atoms with Gasteiger partial charge in [-0.1, -0.05) is 0 Å². The van der Waals surface area contributed by atoms with Crippen molar-refractivity contribution >= 4 is 23.9 Å². The Balaban J connectivity index is 2.26. The first-order valence-electron chi connectivity index (χ1n) is 13.9. The summed E-state index contributed by atoms with van der Waals surface area (Å²) in [5, 5.41) is 49.5. The molecule has 0 radical (unpaired) electrons. The summed E-state index contributed by atoms with van der Waals surface area (Å²) < 4.78 is 38.3. The van der Waals surface area contributed by atoms with E-state index in [1.807, 2.05) is 0 Å². The van der Waals surface area contributed by atoms with Gasteiger partial charge < -0.3 is 25.5 Å². The highest BCUT2D eigenvalue weighted by molar-refractivity contribution is 5.70. The SMILES string of the molecule is O=C(O)CN1CCN(CC(=O)O)CCN(CC(=O)O)C(CC2CCC(NC(O)C(F)(F)F)CC2)CN(CC(=O)O)CC1. The number of nitrogens with one attached hydrogen (secondary N) is 1. The second-order valence-corrected chi connectivity index (χ2v) is 11.1. The van der Waals surface area contributed by atoms with Gasteiger partial charge in [-0.2, -0.15) is 13.2 Å². The normalized spacial score (nSPS) is 25.7. The van der Waals surface area contributed by atoms with E-state index in [0.717, 1.165) is 0 Å². The van der Waals surface area contributed by atoms with E-state index in [2.05, 4.69) is 5.32 Å². The minimum Gasteiger partial charge on any atom is -0.480 e. The number of halogens is 3. The van der Waals surface area contributed by atoms with E-state index < -0.39 is 48.4 Å². The Bertz CT molecular complexity index is 905. The fourth-order valence-electron chi connectivity index (χ4n) is 5.65. The highest BCUT2D eigenvalue weighted by Gasteiger charge is 2.40. The van der Waals surface area contributed by atoms with Gasteiger partial charge in [-0.05, 0) is 38.0 Å². The van der Waals surface area contributed by atoms with E-state index in [1.54, 1.807) is 19.6 Å². The molecule has 1 aliphatic carbocycles. The first-order chi connectivity index (χ1) is 19.6. The van der Waals surface area contributed by atoms with Crippen LogP contribution in [0, 0.1) is 5.92 Å². The van der Waals surface area contributed by atoms with Gasteiger partial charge in [0, 0.05) is 57.9 Å². The van der Waals surface area contributed by atoms with E-state index >= 15 is 0 Å². The molecule has 1 saturated heterocycles. The van der Waals surface area contributed by atoms with Crippen LogP contribution in [0.5, 0.6) is 0 Å². The van der Waals surface area contributed by atoms with Crippen molar-refractivity contribution in [2.45, 2.75) is 56.6 Å². The number of aliphatic hydroxyl groups is 1. The van der Waals surface area contributed by atoms with Gasteiger partial charge in [0.25, 0.3) is 0 Å². The smallest absolute Gasteiger partial charge is 0.427 e. The Labute approximate surface area is 241 Å². The second kappa shape index (κ2) is 16.9. The van der Waals surface area contributed by atoms with E-state index in [9.17, 15) is 57.9 Å². The number of aliphatic hydroxyl groups excluding tert-OH is 1. The lowest BCUT2D eigenvalue weighted by atomic mass is 9.81. The molecule has 0 aromatic heterocycles. The molecule has 2 rings (SSSR count). The molecule has 0 spiro atoms. The molecule has 17 heteroatoms. The maximum Gasteiger partial charge on any atom is 0.427 e. The number of rotatable bonds is 12. The van der Waals surface area contributed by atoms with Gasteiger partial charge in [-0.3, -0.25) is 44.1 Å². The lowest BCUT2D eigenvalue weighted by molar-refractivity contribution is -0.216. The molecule has 0 amide bonds. The van der Waals surface area contributed by atoms with Crippen LogP contribution in [0.3, 0.4) is 0 Å². The number of hydrogen-bond donors (Lipinski definition) is 6. The Morgan fingerprint density at radius 3 is 1.57 bits per heavy atom. The Morgan fingerprint density at radius 1 is 0.690 bits per heavy atom. The number of nitrogens with zero attached hydrogens (tertiary/aromatic N) is 4. The van der Waals surface area contributed by atoms with Gasteiger partial charge in [-0.15, -0.1) is 0 Å². The predicted molar refractivity (Wildman–Crippen MR) is 141 cm³/mol. The number of carboxylic acids is 4. The van der Waals surface area contributed by atoms with Crippen LogP contribution in [0.2, 0.25) is 0 Å². The number of carboxylic acid groups (broad SMARTS) is 4. The third-order valence-electron chi connectivity index (χ3n) is 7.72. The number of alkyl halides is 3. The first kappa shape index (κ1) is 35.6. The monoisotopic (exact) mass is 613 g/mol. The number of hydrogen-bond acceptors (Lipinski definition) is 10. The third-order valence-corrected chi connectivity index (χ3v) is 7.72. The average Bonchev–Trinajstić information content (AvgIpc) is 2.85. The largest absolute Gasteiger partial charge is 0.480 e. The lowest BCUT2D eigenvalue weighted by Gasteiger charge is -2.40. The highest BCUT2D eigenvalue weighted by Crippen LogP contribution is 2.31. The summed E-state index contributed by atoms with van der Waals surface area (Å²) >= 11 is 0. The molecular weight excluding hydrogens is 571 g/mol. The standard InChI is InChI=1S/C25H42F3N5O9/c26-25(27,28)24(42)29-18-3-1-17(2-4-18)11-19-12-32(15-22(38)39)8-7-30(13-20(34)35)5-6-31(14-21(36)37)9-10-33(19)16-23(40)41/h17-19,24,29,42H,1-16H2,(H,34,35)(H,36,37)(H,38,39)(H,40,41). The van der Waals surface area contributed by atoms with E-state index in [0.29, 0.717) is 32.1 Å². The molecule has 1 aliphatic heterocycles. The van der Waals surface area contributed by atoms with Crippen LogP contribution in [0.25, 0.3) is 0 Å². The summed E-state index contributed by atoms with van der Waals surface area (Å²) in [6, 6.07) is -1.02. The summed E-state index contributed by atoms with van der Waals surface area (Å²) in [7, 11) is 0. The fourth-order valence-corrected chi connectivity index (χ4v) is 5.65. The fraction of sp³-hybridized carbons (Fsp3) is 0.840. The average molecular weight is 614 g/mol. The molecule has 2 atom stereocenters. The van der Waals surface area contributed by atoms with Crippen molar-refractivity contribution in [3.63, 3.8) is 0 Å². The van der Waals surface area contributed by atoms with Crippen LogP contribution in [-0.2, 0) is 19.2 Å². The first-order valence-corrected chi connectivity index (χ1v) is 13.9. The zero-order valence-electron chi connectivity index (χ0n) is 23.4. The predicted octanol–water partition coefficient (Wildman–Crippen LogP) is -0.666. The van der Waals surface area contributed by atoms with Crippen molar-refractivity contribution in [1.82, 2.24) is 24.9 Å². The third kappa shape index (κ3) is 13.6. The van der Waals surface area contributed by atoms with Crippen LogP contribution in [0.1, 0.15) is 32.1 Å². The Hall–Kier alpha value is -2.57. The van der Waals surface area contributed by atoms with Crippen molar-refractivity contribution in [3.05, 3.63) is 0 Å². The Morgan fingerprint density at radius 2 is 1.12 bits per heavy atom. The molecular formula is C25H42F3N5O9. The molecule has 6 N–H and O–H groups in total. The zero-order chi connectivity index (χ0) is 31.4. The topological polar surface area (TPSA) is 194 Å². The highest BCUT2D eigenvalue weighted by atomic mass is 19.4. The Kier molecular flexibility index (Phi) is 14.3. The maximum absolute atomic E-state index is 12.8. The molecule has 0 aromatic carbocycles. The maximum atomic E-state index is 12.8. The molecule has 2 unspecified atom stereocenters. The summed E-state index contributed by atoms with van der Waals surface area (Å²) in [6.45, 7) is -0.178. The number of aliphatic carboxylic acids is 4. The van der Waals surface area contributed by atoms with Crippen molar-refractivity contribution < 1.29 is 57.9 Å². The molecule has 1 saturated carbocycles. The summed E-state index contributed by atoms with van der Waals surface area (Å²) in [5.74, 6) is -4.43. The minimum absolute atomic E-state index is 0.00871. The number of carbonyl (C=O) groups is 4. The molecule has 242 valence electrons. The van der Waals surface area contributed by atoms with E-state index in [4.69, 9.17) is 0 Å². The van der Waals surface area contributed by atoms with Crippen LogP contribution in [0.15, 0.2) is 0 Å². The van der Waals surface area contributed by atoms with Crippen LogP contribution in [-0.4, -0.2) is 165 Å². The molecule has 2 fully saturated rings. The van der Waals surface area contributed by atoms with Gasteiger partial charge >= 0.3 is 30.1 Å². The van der Waals surface area contributed by atoms with E-state index in [-0.39, 0.29) is 77.9 Å². The molecule has 1 heterocycles. The quantitative estimate of drug-likeness (QED) is 0.152. The van der Waals surface area contributed by atoms with Crippen LogP contribution < -0.4 is 5.32 Å². The molecule has 0 bridgehead atoms. The minimum atomic E-state index is -4.79. The molecule has 0 aromatic rings. The second-order valence-electron chi connectivity index (χ2n) is 11.1. The van der Waals surface area contributed by atoms with E-state index in [1.165, 1.54) is 0 Å². The lowest BCUT2D eigenvalue weighted by Crippen LogP contribution is -2.53. The van der Waals surface area contributed by atoms with Crippen molar-refractivity contribution in [3.8, 4) is 0 Å². The van der Waals surface area contributed by atoms with Gasteiger partial charge in [-0.25, -0.2) is 0 Å². The van der Waals surface area contributed by atoms with Gasteiger partial charge in [0.15, 0.2) is 0 Å². The zero-order valence-corrected chi connectivity index (χ0v) is 23.4. The van der Waals surface area contributed by atoms with Gasteiger partial charge in [0.1, 0.15) is 0 Å². The van der Waals surface area contributed by atoms with Gasteiger partial charge in [0.2, 0.25) is 6.23 Å². The van der Waals surface area contributed by atoms with Crippen molar-refractivity contribution in [2.75, 3.05) is 72.0 Å². The summed E-state index contributed by atoms with van der Waals surface area (Å²) in [4.78, 5) is 52.9. The van der Waals surface area contributed by atoms with Crippen molar-refractivity contribution in [2.24, 2.45) is 5.92 Å².